The van der Waals surface area contributed by atoms with Crippen LogP contribution in [0.3, 0.4) is 0 Å². The van der Waals surface area contributed by atoms with Crippen LogP contribution in [0.4, 0.5) is 0 Å². The van der Waals surface area contributed by atoms with Crippen LogP contribution in [0.15, 0.2) is 59.8 Å². The lowest BCUT2D eigenvalue weighted by Gasteiger charge is -2.22. The van der Waals surface area contributed by atoms with E-state index >= 15 is 0 Å². The maximum atomic E-state index is 13.3. The Morgan fingerprint density at radius 2 is 1.83 bits per heavy atom. The third-order valence-electron chi connectivity index (χ3n) is 4.80. The van der Waals surface area contributed by atoms with Gasteiger partial charge in [0.15, 0.2) is 0 Å². The van der Waals surface area contributed by atoms with Crippen molar-refractivity contribution >= 4 is 17.7 Å². The normalized spacial score (nSPS) is 14.7. The largest absolute Gasteiger partial charge is 0.492 e. The molecule has 0 aliphatic carbocycles. The second kappa shape index (κ2) is 9.09. The van der Waals surface area contributed by atoms with Crippen LogP contribution in [0.5, 0.6) is 5.75 Å². The molecule has 0 bridgehead atoms. The molecular weight excluding hydrogens is 386 g/mol. The maximum absolute atomic E-state index is 13.3. The number of hydrogen-bond acceptors (Lipinski definition) is 6. The number of amides is 1. The molecule has 0 spiro atoms. The molecule has 1 amide bonds. The Morgan fingerprint density at radius 1 is 1.10 bits per heavy atom. The zero-order chi connectivity index (χ0) is 20.1. The Bertz CT molecular complexity index is 956. The molecule has 1 fully saturated rings. The van der Waals surface area contributed by atoms with Crippen molar-refractivity contribution in [3.8, 4) is 11.4 Å². The van der Waals surface area contributed by atoms with Crippen LogP contribution >= 0.6 is 11.8 Å². The Hall–Kier alpha value is -2.87. The fourth-order valence-electron chi connectivity index (χ4n) is 3.41. The molecule has 1 unspecified atom stereocenters. The summed E-state index contributed by atoms with van der Waals surface area (Å²) in [6.07, 6.45) is 2.11. The topological polar surface area (TPSA) is 73.1 Å². The molecule has 2 aromatic carbocycles. The number of hydrogen-bond donors (Lipinski definition) is 0. The molecule has 4 rings (SSSR count). The summed E-state index contributed by atoms with van der Waals surface area (Å²) in [7, 11) is 0. The minimum Gasteiger partial charge on any atom is -0.492 e. The third-order valence-corrected chi connectivity index (χ3v) is 5.98. The number of thioether (sulfide) groups is 1. The number of carbonyl (C=O) groups excluding carboxylic acids is 1. The van der Waals surface area contributed by atoms with Gasteiger partial charge in [-0.05, 0) is 47.9 Å². The standard InChI is InChI=1S/C21H23N5O2S/c1-2-28-18-13-7-6-12-17(18)26-21(22-23-24-26)29-19(16-10-4-3-5-11-16)20(27)25-14-8-9-15-25/h3-7,10-13,19H,2,8-9,14-15H2,1H3. The van der Waals surface area contributed by atoms with Crippen LogP contribution in [0.2, 0.25) is 0 Å². The van der Waals surface area contributed by atoms with Crippen molar-refractivity contribution in [3.05, 3.63) is 60.2 Å². The van der Waals surface area contributed by atoms with Crippen molar-refractivity contribution in [2.75, 3.05) is 19.7 Å². The zero-order valence-electron chi connectivity index (χ0n) is 16.3. The quantitative estimate of drug-likeness (QED) is 0.556. The number of benzene rings is 2. The van der Waals surface area contributed by atoms with Crippen LogP contribution in [0.1, 0.15) is 30.6 Å². The summed E-state index contributed by atoms with van der Waals surface area (Å²) in [6, 6.07) is 17.4. The molecule has 0 saturated carbocycles. The molecule has 1 aliphatic heterocycles. The second-order valence-corrected chi connectivity index (χ2v) is 7.79. The first-order valence-corrected chi connectivity index (χ1v) is 10.7. The van der Waals surface area contributed by atoms with Gasteiger partial charge in [-0.25, -0.2) is 0 Å². The lowest BCUT2D eigenvalue weighted by Crippen LogP contribution is -2.31. The summed E-state index contributed by atoms with van der Waals surface area (Å²) in [5.41, 5.74) is 1.70. The highest BCUT2D eigenvalue weighted by atomic mass is 32.2. The molecule has 3 aromatic rings. The van der Waals surface area contributed by atoms with Gasteiger partial charge in [-0.15, -0.1) is 5.10 Å². The molecule has 2 heterocycles. The zero-order valence-corrected chi connectivity index (χ0v) is 17.1. The first kappa shape index (κ1) is 19.4. The summed E-state index contributed by atoms with van der Waals surface area (Å²) in [5, 5.41) is 12.4. The van der Waals surface area contributed by atoms with E-state index in [1.165, 1.54) is 11.8 Å². The van der Waals surface area contributed by atoms with Crippen LogP contribution in [0.25, 0.3) is 5.69 Å². The van der Waals surface area contributed by atoms with Crippen molar-refractivity contribution in [1.82, 2.24) is 25.1 Å². The predicted octanol–water partition coefficient (Wildman–Crippen LogP) is 3.52. The van der Waals surface area contributed by atoms with E-state index in [-0.39, 0.29) is 5.91 Å². The average molecular weight is 410 g/mol. The van der Waals surface area contributed by atoms with Gasteiger partial charge in [0.05, 0.1) is 6.61 Å². The van der Waals surface area contributed by atoms with E-state index in [0.29, 0.717) is 17.5 Å². The van der Waals surface area contributed by atoms with E-state index in [0.717, 1.165) is 37.2 Å². The van der Waals surface area contributed by atoms with Gasteiger partial charge < -0.3 is 9.64 Å². The van der Waals surface area contributed by atoms with Gasteiger partial charge >= 0.3 is 0 Å². The average Bonchev–Trinajstić information content (AvgIpc) is 3.45. The van der Waals surface area contributed by atoms with Crippen molar-refractivity contribution < 1.29 is 9.53 Å². The van der Waals surface area contributed by atoms with E-state index in [1.54, 1.807) is 4.68 Å². The molecular formula is C21H23N5O2S. The molecule has 0 radical (unpaired) electrons. The number of ether oxygens (including phenoxy) is 1. The van der Waals surface area contributed by atoms with Crippen LogP contribution in [0, 0.1) is 0 Å². The second-order valence-electron chi connectivity index (χ2n) is 6.71. The number of nitrogens with zero attached hydrogens (tertiary/aromatic N) is 5. The van der Waals surface area contributed by atoms with E-state index in [9.17, 15) is 4.79 Å². The number of aromatic nitrogens is 4. The molecule has 8 heteroatoms. The summed E-state index contributed by atoms with van der Waals surface area (Å²) in [6.45, 7) is 4.09. The predicted molar refractivity (Wildman–Crippen MR) is 111 cm³/mol. The first-order chi connectivity index (χ1) is 14.3. The lowest BCUT2D eigenvalue weighted by atomic mass is 10.1. The van der Waals surface area contributed by atoms with Crippen molar-refractivity contribution in [3.63, 3.8) is 0 Å². The Kier molecular flexibility index (Phi) is 6.09. The summed E-state index contributed by atoms with van der Waals surface area (Å²) < 4.78 is 7.38. The fourth-order valence-corrected chi connectivity index (χ4v) is 4.48. The van der Waals surface area contributed by atoms with Crippen molar-refractivity contribution in [2.45, 2.75) is 30.2 Å². The molecule has 7 nitrogen and oxygen atoms in total. The Labute approximate surface area is 174 Å². The summed E-state index contributed by atoms with van der Waals surface area (Å²) >= 11 is 1.37. The number of rotatable bonds is 7. The molecule has 1 atom stereocenters. The Balaban J connectivity index is 1.68. The van der Waals surface area contributed by atoms with Gasteiger partial charge in [-0.3, -0.25) is 4.79 Å². The van der Waals surface area contributed by atoms with Gasteiger partial charge in [0.25, 0.3) is 0 Å². The molecule has 150 valence electrons. The molecule has 1 aromatic heterocycles. The van der Waals surface area contributed by atoms with Crippen molar-refractivity contribution in [1.29, 1.82) is 0 Å². The van der Waals surface area contributed by atoms with Gasteiger partial charge in [-0.1, -0.05) is 54.2 Å². The number of likely N-dealkylation sites (tertiary alicyclic amines) is 1. The smallest absolute Gasteiger partial charge is 0.240 e. The molecule has 1 aliphatic rings. The number of para-hydroxylation sites is 2. The first-order valence-electron chi connectivity index (χ1n) is 9.79. The highest BCUT2D eigenvalue weighted by Gasteiger charge is 2.30. The van der Waals surface area contributed by atoms with Crippen LogP contribution in [-0.4, -0.2) is 50.7 Å². The SMILES string of the molecule is CCOc1ccccc1-n1nnnc1SC(C(=O)N1CCCC1)c1ccccc1. The highest BCUT2D eigenvalue weighted by molar-refractivity contribution is 8.00. The minimum absolute atomic E-state index is 0.103. The Morgan fingerprint density at radius 3 is 2.59 bits per heavy atom. The fraction of sp³-hybridized carbons (Fsp3) is 0.333. The number of carbonyl (C=O) groups is 1. The van der Waals surface area contributed by atoms with Gasteiger partial charge in [0, 0.05) is 13.1 Å². The summed E-state index contributed by atoms with van der Waals surface area (Å²) in [5.74, 6) is 0.803. The molecule has 0 N–H and O–H groups in total. The maximum Gasteiger partial charge on any atom is 0.240 e. The number of tetrazole rings is 1. The van der Waals surface area contributed by atoms with E-state index in [2.05, 4.69) is 15.5 Å². The molecule has 29 heavy (non-hydrogen) atoms. The lowest BCUT2D eigenvalue weighted by molar-refractivity contribution is -0.129. The molecule has 1 saturated heterocycles. The third kappa shape index (κ3) is 4.27. The van der Waals surface area contributed by atoms with Gasteiger partial charge in [0.1, 0.15) is 16.7 Å². The van der Waals surface area contributed by atoms with Gasteiger partial charge in [-0.2, -0.15) is 4.68 Å². The summed E-state index contributed by atoms with van der Waals surface area (Å²) in [4.78, 5) is 15.2. The minimum atomic E-state index is -0.404. The van der Waals surface area contributed by atoms with Crippen molar-refractivity contribution in [2.24, 2.45) is 0 Å². The highest BCUT2D eigenvalue weighted by Crippen LogP contribution is 2.37. The van der Waals surface area contributed by atoms with Crippen LogP contribution in [-0.2, 0) is 4.79 Å². The van der Waals surface area contributed by atoms with E-state index in [4.69, 9.17) is 4.74 Å². The van der Waals surface area contributed by atoms with Gasteiger partial charge in [0.2, 0.25) is 11.1 Å². The van der Waals surface area contributed by atoms with E-state index in [1.807, 2.05) is 66.4 Å². The van der Waals surface area contributed by atoms with Crippen LogP contribution < -0.4 is 4.74 Å². The van der Waals surface area contributed by atoms with E-state index < -0.39 is 5.25 Å². The monoisotopic (exact) mass is 409 g/mol.